The third kappa shape index (κ3) is 2.85. The third-order valence-corrected chi connectivity index (χ3v) is 3.41. The molecule has 0 aliphatic heterocycles. The second-order valence-electron chi connectivity index (χ2n) is 3.76. The maximum absolute atomic E-state index is 11.3. The zero-order chi connectivity index (χ0) is 13.2. The fraction of sp³-hybridized carbons (Fsp3) is 0.0833. The molecule has 1 aromatic carbocycles. The molecule has 18 heavy (non-hydrogen) atoms. The Bertz CT molecular complexity index is 654. The number of sulfonamides is 1. The number of hydrogen-bond donors (Lipinski definition) is 1. The van der Waals surface area contributed by atoms with Crippen LogP contribution in [0.3, 0.4) is 0 Å². The summed E-state index contributed by atoms with van der Waals surface area (Å²) in [4.78, 5) is 3.98. The van der Waals surface area contributed by atoms with Crippen LogP contribution in [-0.4, -0.2) is 13.4 Å². The minimum atomic E-state index is -3.69. The first-order chi connectivity index (χ1) is 8.47. The number of rotatable bonds is 3. The van der Waals surface area contributed by atoms with Crippen LogP contribution in [-0.2, 0) is 10.0 Å². The quantitative estimate of drug-likeness (QED) is 0.916. The first kappa shape index (κ1) is 12.5. The molecule has 5 nitrogen and oxygen atoms in total. The van der Waals surface area contributed by atoms with Gasteiger partial charge < -0.3 is 4.74 Å². The highest BCUT2D eigenvalue weighted by molar-refractivity contribution is 7.89. The van der Waals surface area contributed by atoms with Crippen LogP contribution in [0.25, 0.3) is 0 Å². The molecule has 1 heterocycles. The Morgan fingerprint density at radius 2 is 1.78 bits per heavy atom. The molecule has 0 aliphatic carbocycles. The fourth-order valence-corrected chi connectivity index (χ4v) is 2.31. The molecule has 0 spiro atoms. The second-order valence-corrected chi connectivity index (χ2v) is 5.29. The summed E-state index contributed by atoms with van der Waals surface area (Å²) in [7, 11) is -3.69. The van der Waals surface area contributed by atoms with E-state index in [4.69, 9.17) is 9.88 Å². The van der Waals surface area contributed by atoms with E-state index in [0.717, 1.165) is 0 Å². The van der Waals surface area contributed by atoms with Crippen molar-refractivity contribution in [1.82, 2.24) is 4.98 Å². The van der Waals surface area contributed by atoms with Crippen LogP contribution >= 0.6 is 0 Å². The number of aromatic nitrogens is 1. The second kappa shape index (κ2) is 4.75. The van der Waals surface area contributed by atoms with Crippen molar-refractivity contribution in [3.05, 3.63) is 48.3 Å². The van der Waals surface area contributed by atoms with Crippen molar-refractivity contribution in [3.63, 3.8) is 0 Å². The lowest BCUT2D eigenvalue weighted by atomic mass is 10.2. The molecule has 0 aliphatic rings. The number of hydrogen-bond acceptors (Lipinski definition) is 4. The average Bonchev–Trinajstić information content (AvgIpc) is 2.28. The standard InChI is InChI=1S/C12H12N2O3S/c1-9-8-11(2-3-12(9)18(13,15)16)17-10-4-6-14-7-5-10/h2-8H,1H3,(H2,13,15,16). The first-order valence-electron chi connectivity index (χ1n) is 5.18. The predicted molar refractivity (Wildman–Crippen MR) is 66.9 cm³/mol. The van der Waals surface area contributed by atoms with Crippen molar-refractivity contribution in [3.8, 4) is 11.5 Å². The van der Waals surface area contributed by atoms with Crippen molar-refractivity contribution >= 4 is 10.0 Å². The molecule has 0 saturated carbocycles. The summed E-state index contributed by atoms with van der Waals surface area (Å²) in [6, 6.07) is 8.04. The minimum Gasteiger partial charge on any atom is -0.457 e. The van der Waals surface area contributed by atoms with Gasteiger partial charge in [-0.2, -0.15) is 0 Å². The number of benzene rings is 1. The van der Waals surface area contributed by atoms with E-state index in [9.17, 15) is 8.42 Å². The normalized spacial score (nSPS) is 11.2. The minimum absolute atomic E-state index is 0.101. The van der Waals surface area contributed by atoms with Gasteiger partial charge in [0.1, 0.15) is 11.5 Å². The first-order valence-corrected chi connectivity index (χ1v) is 6.73. The van der Waals surface area contributed by atoms with Crippen LogP contribution in [0.1, 0.15) is 5.56 Å². The fourth-order valence-electron chi connectivity index (χ4n) is 1.55. The summed E-state index contributed by atoms with van der Waals surface area (Å²) in [5.41, 5.74) is 0.545. The molecule has 94 valence electrons. The van der Waals surface area contributed by atoms with Gasteiger partial charge in [-0.05, 0) is 42.8 Å². The summed E-state index contributed by atoms with van der Waals surface area (Å²) < 4.78 is 28.1. The molecule has 0 unspecified atom stereocenters. The van der Waals surface area contributed by atoms with Gasteiger partial charge in [-0.3, -0.25) is 4.98 Å². The van der Waals surface area contributed by atoms with E-state index in [2.05, 4.69) is 4.98 Å². The Morgan fingerprint density at radius 3 is 2.33 bits per heavy atom. The van der Waals surface area contributed by atoms with Gasteiger partial charge in [0.15, 0.2) is 0 Å². The van der Waals surface area contributed by atoms with Gasteiger partial charge in [-0.1, -0.05) is 0 Å². The molecule has 2 aromatic rings. The predicted octanol–water partition coefficient (Wildman–Crippen LogP) is 1.83. The van der Waals surface area contributed by atoms with Crippen LogP contribution in [0.15, 0.2) is 47.6 Å². The molecule has 0 saturated heterocycles. The molecule has 0 radical (unpaired) electrons. The average molecular weight is 264 g/mol. The number of pyridine rings is 1. The molecular formula is C12H12N2O3S. The summed E-state index contributed by atoms with van der Waals surface area (Å²) in [5.74, 6) is 1.18. The number of primary sulfonamides is 1. The SMILES string of the molecule is Cc1cc(Oc2ccncc2)ccc1S(N)(=O)=O. The number of ether oxygens (including phenoxy) is 1. The Morgan fingerprint density at radius 1 is 1.11 bits per heavy atom. The van der Waals surface area contributed by atoms with Crippen molar-refractivity contribution in [2.24, 2.45) is 5.14 Å². The Hall–Kier alpha value is -1.92. The topological polar surface area (TPSA) is 82.3 Å². The van der Waals surface area contributed by atoms with Gasteiger partial charge in [-0.15, -0.1) is 0 Å². The number of aryl methyl sites for hydroxylation is 1. The highest BCUT2D eigenvalue weighted by atomic mass is 32.2. The van der Waals surface area contributed by atoms with Crippen molar-refractivity contribution in [2.75, 3.05) is 0 Å². The highest BCUT2D eigenvalue weighted by Crippen LogP contribution is 2.24. The highest BCUT2D eigenvalue weighted by Gasteiger charge is 2.11. The van der Waals surface area contributed by atoms with Crippen LogP contribution in [0.2, 0.25) is 0 Å². The molecule has 0 atom stereocenters. The molecule has 0 amide bonds. The van der Waals surface area contributed by atoms with E-state index in [1.807, 2.05) is 0 Å². The van der Waals surface area contributed by atoms with E-state index >= 15 is 0 Å². The van der Waals surface area contributed by atoms with E-state index in [-0.39, 0.29) is 4.90 Å². The summed E-state index contributed by atoms with van der Waals surface area (Å²) in [6.45, 7) is 1.67. The van der Waals surface area contributed by atoms with Crippen molar-refractivity contribution < 1.29 is 13.2 Å². The lowest BCUT2D eigenvalue weighted by Gasteiger charge is -2.08. The molecule has 0 bridgehead atoms. The zero-order valence-corrected chi connectivity index (χ0v) is 10.5. The summed E-state index contributed by atoms with van der Waals surface area (Å²) >= 11 is 0. The zero-order valence-electron chi connectivity index (χ0n) is 9.70. The van der Waals surface area contributed by atoms with Gasteiger partial charge in [0.25, 0.3) is 0 Å². The van der Waals surface area contributed by atoms with Crippen LogP contribution in [0.4, 0.5) is 0 Å². The van der Waals surface area contributed by atoms with Crippen molar-refractivity contribution in [2.45, 2.75) is 11.8 Å². The van der Waals surface area contributed by atoms with Gasteiger partial charge in [0.2, 0.25) is 10.0 Å². The lowest BCUT2D eigenvalue weighted by molar-refractivity contribution is 0.481. The van der Waals surface area contributed by atoms with Crippen LogP contribution in [0, 0.1) is 6.92 Å². The smallest absolute Gasteiger partial charge is 0.238 e. The van der Waals surface area contributed by atoms with Gasteiger partial charge in [0, 0.05) is 12.4 Å². The Kier molecular flexibility index (Phi) is 3.31. The van der Waals surface area contributed by atoms with E-state index < -0.39 is 10.0 Å². The van der Waals surface area contributed by atoms with Gasteiger partial charge >= 0.3 is 0 Å². The maximum atomic E-state index is 11.3. The third-order valence-electron chi connectivity index (χ3n) is 2.34. The van der Waals surface area contributed by atoms with E-state index in [0.29, 0.717) is 17.1 Å². The van der Waals surface area contributed by atoms with Crippen LogP contribution in [0.5, 0.6) is 11.5 Å². The lowest BCUT2D eigenvalue weighted by Crippen LogP contribution is -2.13. The summed E-state index contributed by atoms with van der Waals surface area (Å²) in [6.07, 6.45) is 3.22. The summed E-state index contributed by atoms with van der Waals surface area (Å²) in [5, 5.41) is 5.08. The Labute approximate surface area is 105 Å². The molecule has 2 N–H and O–H groups in total. The largest absolute Gasteiger partial charge is 0.457 e. The monoisotopic (exact) mass is 264 g/mol. The molecule has 2 rings (SSSR count). The Balaban J connectivity index is 2.30. The van der Waals surface area contributed by atoms with E-state index in [1.165, 1.54) is 6.07 Å². The van der Waals surface area contributed by atoms with Gasteiger partial charge in [0.05, 0.1) is 4.90 Å². The molecule has 1 aromatic heterocycles. The van der Waals surface area contributed by atoms with E-state index in [1.54, 1.807) is 43.6 Å². The van der Waals surface area contributed by atoms with Crippen molar-refractivity contribution in [1.29, 1.82) is 0 Å². The molecule has 0 fully saturated rings. The maximum Gasteiger partial charge on any atom is 0.238 e. The molecule has 6 heteroatoms. The van der Waals surface area contributed by atoms with Crippen LogP contribution < -0.4 is 9.88 Å². The van der Waals surface area contributed by atoms with Gasteiger partial charge in [-0.25, -0.2) is 13.6 Å². The molecular weight excluding hydrogens is 252 g/mol. The number of nitrogens with two attached hydrogens (primary N) is 1. The number of nitrogens with zero attached hydrogens (tertiary/aromatic N) is 1.